The summed E-state index contributed by atoms with van der Waals surface area (Å²) in [6.07, 6.45) is 3.12. The van der Waals surface area contributed by atoms with Gasteiger partial charge in [-0.15, -0.1) is 0 Å². The van der Waals surface area contributed by atoms with E-state index in [9.17, 15) is 5.11 Å². The number of halogens is 2. The smallest absolute Gasteiger partial charge is 0.356 e. The molecule has 4 rings (SSSR count). The van der Waals surface area contributed by atoms with Crippen molar-refractivity contribution in [3.63, 3.8) is 0 Å². The molecule has 0 bridgehead atoms. The number of nitrogens with two attached hydrogens (primary N) is 1. The molecule has 2 heterocycles. The third-order valence-corrected chi connectivity index (χ3v) is 6.35. The highest BCUT2D eigenvalue weighted by Gasteiger charge is 2.24. The number of aliphatic hydroxyl groups is 1. The quantitative estimate of drug-likeness (QED) is 0.499. The molecular weight excluding hydrogens is 435 g/mol. The van der Waals surface area contributed by atoms with E-state index in [0.29, 0.717) is 28.3 Å². The highest BCUT2D eigenvalue weighted by molar-refractivity contribution is 6.35. The molecule has 0 aliphatic carbocycles. The molecule has 0 amide bonds. The van der Waals surface area contributed by atoms with Gasteiger partial charge in [-0.1, -0.05) is 41.8 Å². The second kappa shape index (κ2) is 10.1. The number of anilines is 1. The SMILES string of the molecule is Nc1n(CCN2CCCCC2)c2ccccc2[n+]1C[C@@H](O)COc1ccc(Cl)cc1Cl. The van der Waals surface area contributed by atoms with E-state index in [1.807, 2.05) is 22.8 Å². The van der Waals surface area contributed by atoms with Crippen molar-refractivity contribution in [2.45, 2.75) is 38.5 Å². The van der Waals surface area contributed by atoms with Crippen LogP contribution in [-0.2, 0) is 13.1 Å². The van der Waals surface area contributed by atoms with E-state index < -0.39 is 6.10 Å². The maximum Gasteiger partial charge on any atom is 0.356 e. The molecule has 1 atom stereocenters. The molecule has 1 aliphatic rings. The molecule has 0 saturated carbocycles. The van der Waals surface area contributed by atoms with Gasteiger partial charge in [0.05, 0.1) is 11.6 Å². The van der Waals surface area contributed by atoms with Crippen LogP contribution in [0.25, 0.3) is 11.0 Å². The molecule has 3 N–H and O–H groups in total. The minimum absolute atomic E-state index is 0.0983. The van der Waals surface area contributed by atoms with Crippen molar-refractivity contribution in [3.8, 4) is 5.75 Å². The second-order valence-corrected chi connectivity index (χ2v) is 8.89. The van der Waals surface area contributed by atoms with Crippen LogP contribution >= 0.6 is 23.2 Å². The molecule has 0 spiro atoms. The monoisotopic (exact) mass is 463 g/mol. The summed E-state index contributed by atoms with van der Waals surface area (Å²) in [7, 11) is 0. The first-order valence-electron chi connectivity index (χ1n) is 10.8. The average Bonchev–Trinajstić information content (AvgIpc) is 3.03. The fourth-order valence-corrected chi connectivity index (χ4v) is 4.67. The predicted molar refractivity (Wildman–Crippen MR) is 125 cm³/mol. The lowest BCUT2D eigenvalue weighted by Crippen LogP contribution is -2.44. The van der Waals surface area contributed by atoms with Crippen molar-refractivity contribution >= 4 is 40.2 Å². The molecule has 31 heavy (non-hydrogen) atoms. The van der Waals surface area contributed by atoms with Crippen LogP contribution in [0.15, 0.2) is 42.5 Å². The largest absolute Gasteiger partial charge is 0.489 e. The first kappa shape index (κ1) is 22.2. The summed E-state index contributed by atoms with van der Waals surface area (Å²) in [6.45, 7) is 4.54. The Morgan fingerprint density at radius 1 is 1.06 bits per heavy atom. The summed E-state index contributed by atoms with van der Waals surface area (Å²) in [5.74, 6) is 1.13. The van der Waals surface area contributed by atoms with Gasteiger partial charge < -0.3 is 14.7 Å². The lowest BCUT2D eigenvalue weighted by molar-refractivity contribution is -0.665. The standard InChI is InChI=1S/C23H28Cl2N4O2/c24-17-8-9-22(19(25)14-17)31-16-18(30)15-29-21-7-3-2-6-20(21)28(23(29)26)13-12-27-10-4-1-5-11-27/h2-3,6-9,14,18,26,30H,1,4-5,10-13,15-16H2/p+1/t18-/m1/s1. The Labute approximate surface area is 192 Å². The molecule has 2 aromatic carbocycles. The highest BCUT2D eigenvalue weighted by atomic mass is 35.5. The fraction of sp³-hybridized carbons (Fsp3) is 0.435. The lowest BCUT2D eigenvalue weighted by atomic mass is 10.1. The summed E-state index contributed by atoms with van der Waals surface area (Å²) in [4.78, 5) is 2.50. The normalized spacial score (nSPS) is 16.0. The van der Waals surface area contributed by atoms with Crippen molar-refractivity contribution in [1.82, 2.24) is 9.47 Å². The average molecular weight is 464 g/mol. The Bertz CT molecular complexity index is 1030. The topological polar surface area (TPSA) is 67.5 Å². The number of imidazole rings is 1. The van der Waals surface area contributed by atoms with Crippen molar-refractivity contribution in [2.24, 2.45) is 0 Å². The third-order valence-electron chi connectivity index (χ3n) is 5.82. The molecule has 3 aromatic rings. The van der Waals surface area contributed by atoms with Gasteiger partial charge in [-0.3, -0.25) is 5.73 Å². The van der Waals surface area contributed by atoms with Gasteiger partial charge >= 0.3 is 5.95 Å². The summed E-state index contributed by atoms with van der Waals surface area (Å²) in [5.41, 5.74) is 8.62. The van der Waals surface area contributed by atoms with Gasteiger partial charge in [-0.2, -0.15) is 0 Å². The van der Waals surface area contributed by atoms with Crippen LogP contribution in [0.3, 0.4) is 0 Å². The summed E-state index contributed by atoms with van der Waals surface area (Å²) >= 11 is 12.1. The van der Waals surface area contributed by atoms with Crippen LogP contribution in [0.1, 0.15) is 19.3 Å². The second-order valence-electron chi connectivity index (χ2n) is 8.05. The minimum atomic E-state index is -0.750. The van der Waals surface area contributed by atoms with E-state index in [-0.39, 0.29) is 6.61 Å². The number of hydrogen-bond acceptors (Lipinski definition) is 4. The van der Waals surface area contributed by atoms with Crippen LogP contribution in [0.4, 0.5) is 5.95 Å². The zero-order valence-electron chi connectivity index (χ0n) is 17.5. The van der Waals surface area contributed by atoms with Crippen LogP contribution in [-0.4, -0.2) is 46.9 Å². The van der Waals surface area contributed by atoms with E-state index in [0.717, 1.165) is 37.2 Å². The molecule has 166 valence electrons. The minimum Gasteiger partial charge on any atom is -0.489 e. The van der Waals surface area contributed by atoms with Crippen molar-refractivity contribution in [3.05, 3.63) is 52.5 Å². The Hall–Kier alpha value is -1.99. The van der Waals surface area contributed by atoms with E-state index >= 15 is 0 Å². The maximum absolute atomic E-state index is 10.6. The Morgan fingerprint density at radius 3 is 2.61 bits per heavy atom. The molecule has 1 aromatic heterocycles. The third kappa shape index (κ3) is 5.26. The molecule has 6 nitrogen and oxygen atoms in total. The van der Waals surface area contributed by atoms with Crippen molar-refractivity contribution in [2.75, 3.05) is 32.0 Å². The number of nitrogens with zero attached hydrogens (tertiary/aromatic N) is 3. The van der Waals surface area contributed by atoms with Crippen LogP contribution in [0.5, 0.6) is 5.75 Å². The molecule has 8 heteroatoms. The summed E-state index contributed by atoms with van der Waals surface area (Å²) in [5, 5.41) is 11.6. The fourth-order valence-electron chi connectivity index (χ4n) is 4.21. The first-order valence-corrected chi connectivity index (χ1v) is 11.5. The summed E-state index contributed by atoms with van der Waals surface area (Å²) in [6, 6.07) is 13.1. The van der Waals surface area contributed by atoms with Crippen molar-refractivity contribution < 1.29 is 14.4 Å². The zero-order chi connectivity index (χ0) is 21.8. The van der Waals surface area contributed by atoms with E-state index in [1.165, 1.54) is 19.3 Å². The number of aromatic nitrogens is 2. The molecule has 1 fully saturated rings. The number of piperidine rings is 1. The number of benzene rings is 2. The molecular formula is C23H29Cl2N4O2+. The zero-order valence-corrected chi connectivity index (χ0v) is 19.0. The Kier molecular flexibility index (Phi) is 7.23. The Balaban J connectivity index is 1.47. The number of likely N-dealkylation sites (tertiary alicyclic amines) is 1. The number of rotatable bonds is 8. The number of nitrogen functional groups attached to an aromatic ring is 1. The molecule has 0 radical (unpaired) electrons. The van der Waals surface area contributed by atoms with Crippen LogP contribution in [0.2, 0.25) is 10.0 Å². The number of aliphatic hydroxyl groups excluding tert-OH is 1. The van der Waals surface area contributed by atoms with Gasteiger partial charge in [-0.25, -0.2) is 9.13 Å². The molecule has 0 unspecified atom stereocenters. The predicted octanol–water partition coefficient (Wildman–Crippen LogP) is 3.74. The van der Waals surface area contributed by atoms with Gasteiger partial charge in [0, 0.05) is 11.6 Å². The number of ether oxygens (including phenoxy) is 1. The number of para-hydroxylation sites is 2. The van der Waals surface area contributed by atoms with Gasteiger partial charge in [0.25, 0.3) is 0 Å². The summed E-state index contributed by atoms with van der Waals surface area (Å²) < 4.78 is 9.81. The van der Waals surface area contributed by atoms with E-state index in [2.05, 4.69) is 15.5 Å². The van der Waals surface area contributed by atoms with Gasteiger partial charge in [-0.05, 0) is 56.3 Å². The number of fused-ring (bicyclic) bond motifs is 1. The van der Waals surface area contributed by atoms with E-state index in [4.69, 9.17) is 33.7 Å². The van der Waals surface area contributed by atoms with Gasteiger partial charge in [0.15, 0.2) is 0 Å². The molecule has 1 saturated heterocycles. The highest BCUT2D eigenvalue weighted by Crippen LogP contribution is 2.27. The van der Waals surface area contributed by atoms with E-state index in [1.54, 1.807) is 18.2 Å². The number of hydrogen-bond donors (Lipinski definition) is 2. The van der Waals surface area contributed by atoms with Crippen molar-refractivity contribution in [1.29, 1.82) is 0 Å². The maximum atomic E-state index is 10.6. The Morgan fingerprint density at radius 2 is 1.84 bits per heavy atom. The molecule has 1 aliphatic heterocycles. The lowest BCUT2D eigenvalue weighted by Gasteiger charge is -2.25. The van der Waals surface area contributed by atoms with Crippen LogP contribution < -0.4 is 15.0 Å². The van der Waals surface area contributed by atoms with Gasteiger partial charge in [0.1, 0.15) is 36.0 Å². The van der Waals surface area contributed by atoms with Gasteiger partial charge in [0.2, 0.25) is 0 Å². The first-order chi connectivity index (χ1) is 15.0. The van der Waals surface area contributed by atoms with Crippen LogP contribution in [0, 0.1) is 0 Å².